The number of ether oxygens (including phenoxy) is 2. The van der Waals surface area contributed by atoms with Gasteiger partial charge < -0.3 is 9.47 Å². The van der Waals surface area contributed by atoms with E-state index in [1.807, 2.05) is 48.5 Å². The van der Waals surface area contributed by atoms with Gasteiger partial charge in [-0.1, -0.05) is 42.5 Å². The molecule has 2 rings (SSSR count). The van der Waals surface area contributed by atoms with E-state index in [2.05, 4.69) is 0 Å². The molecule has 4 nitrogen and oxygen atoms in total. The van der Waals surface area contributed by atoms with Gasteiger partial charge in [-0.3, -0.25) is 0 Å². The Bertz CT molecular complexity index is 730. The molecule has 0 bridgehead atoms. The lowest BCUT2D eigenvalue weighted by Crippen LogP contribution is -2.06. The molecule has 0 aliphatic heterocycles. The summed E-state index contributed by atoms with van der Waals surface area (Å²) in [6.45, 7) is 2.39. The highest BCUT2D eigenvalue weighted by atomic mass is 16.5. The zero-order valence-electron chi connectivity index (χ0n) is 12.9. The molecule has 0 spiro atoms. The van der Waals surface area contributed by atoms with E-state index in [9.17, 15) is 4.79 Å². The maximum atomic E-state index is 11.6. The second kappa shape index (κ2) is 8.40. The maximum absolute atomic E-state index is 11.6. The summed E-state index contributed by atoms with van der Waals surface area (Å²) < 4.78 is 10.6. The summed E-state index contributed by atoms with van der Waals surface area (Å²) in [5.41, 5.74) is 1.74. The van der Waals surface area contributed by atoms with Crippen LogP contribution in [0.1, 0.15) is 18.1 Å². The van der Waals surface area contributed by atoms with Gasteiger partial charge in [-0.05, 0) is 36.3 Å². The molecule has 0 aromatic heterocycles. The molecule has 2 aromatic rings. The molecule has 0 heterocycles. The summed E-state index contributed by atoms with van der Waals surface area (Å²) in [4.78, 5) is 11.6. The third-order valence-corrected chi connectivity index (χ3v) is 3.03. The Morgan fingerprint density at radius 1 is 1.17 bits per heavy atom. The van der Waals surface area contributed by atoms with Crippen molar-refractivity contribution in [2.75, 3.05) is 6.61 Å². The van der Waals surface area contributed by atoms with Crippen molar-refractivity contribution in [1.29, 1.82) is 5.26 Å². The SMILES string of the molecule is CCOC(=O)/C(C#N)=C\c1cccc(OCc2ccccc2)c1. The van der Waals surface area contributed by atoms with Gasteiger partial charge in [0.05, 0.1) is 6.61 Å². The number of carbonyl (C=O) groups excluding carboxylic acids is 1. The van der Waals surface area contributed by atoms with Gasteiger partial charge in [-0.25, -0.2) is 4.79 Å². The molecule has 23 heavy (non-hydrogen) atoms. The number of carbonyl (C=O) groups is 1. The van der Waals surface area contributed by atoms with Gasteiger partial charge in [0.2, 0.25) is 0 Å². The zero-order valence-corrected chi connectivity index (χ0v) is 12.9. The first-order valence-corrected chi connectivity index (χ1v) is 7.28. The molecule has 0 radical (unpaired) electrons. The summed E-state index contributed by atoms with van der Waals surface area (Å²) in [6.07, 6.45) is 1.49. The van der Waals surface area contributed by atoms with Gasteiger partial charge in [0.25, 0.3) is 0 Å². The molecule has 116 valence electrons. The van der Waals surface area contributed by atoms with Crippen LogP contribution >= 0.6 is 0 Å². The summed E-state index contributed by atoms with van der Waals surface area (Å²) >= 11 is 0. The second-order valence-corrected chi connectivity index (χ2v) is 4.74. The Morgan fingerprint density at radius 3 is 2.65 bits per heavy atom. The van der Waals surface area contributed by atoms with E-state index >= 15 is 0 Å². The predicted molar refractivity (Wildman–Crippen MR) is 87.4 cm³/mol. The zero-order chi connectivity index (χ0) is 16.5. The van der Waals surface area contributed by atoms with Gasteiger partial charge in [0.1, 0.15) is 24.0 Å². The van der Waals surface area contributed by atoms with Gasteiger partial charge >= 0.3 is 5.97 Å². The molecule has 4 heteroatoms. The standard InChI is InChI=1S/C19H17NO3/c1-2-22-19(21)17(13-20)11-16-9-6-10-18(12-16)23-14-15-7-4-3-5-8-15/h3-12H,2,14H2,1H3/b17-11-. The van der Waals surface area contributed by atoms with Gasteiger partial charge in [0, 0.05) is 0 Å². The van der Waals surface area contributed by atoms with Crippen LogP contribution in [0.4, 0.5) is 0 Å². The fourth-order valence-electron chi connectivity index (χ4n) is 1.95. The number of benzene rings is 2. The number of hydrogen-bond donors (Lipinski definition) is 0. The molecule has 0 saturated heterocycles. The first-order chi connectivity index (χ1) is 11.2. The number of esters is 1. The Kier molecular flexibility index (Phi) is 5.96. The topological polar surface area (TPSA) is 59.3 Å². The Labute approximate surface area is 135 Å². The summed E-state index contributed by atoms with van der Waals surface area (Å²) in [6, 6.07) is 18.9. The van der Waals surface area contributed by atoms with Crippen LogP contribution < -0.4 is 4.74 Å². The van der Waals surface area contributed by atoms with Crippen LogP contribution in [-0.2, 0) is 16.1 Å². The summed E-state index contributed by atoms with van der Waals surface area (Å²) in [5, 5.41) is 9.06. The average molecular weight is 307 g/mol. The minimum absolute atomic E-state index is 0.0351. The van der Waals surface area contributed by atoms with E-state index in [1.165, 1.54) is 6.08 Å². The Morgan fingerprint density at radius 2 is 1.96 bits per heavy atom. The van der Waals surface area contributed by atoms with Crippen molar-refractivity contribution in [3.05, 3.63) is 71.3 Å². The highest BCUT2D eigenvalue weighted by Crippen LogP contribution is 2.17. The molecule has 0 atom stereocenters. The molecule has 0 saturated carbocycles. The Hall–Kier alpha value is -3.06. The first-order valence-electron chi connectivity index (χ1n) is 7.28. The van der Waals surface area contributed by atoms with E-state index in [0.717, 1.165) is 5.56 Å². The first kappa shape index (κ1) is 16.3. The molecule has 0 N–H and O–H groups in total. The lowest BCUT2D eigenvalue weighted by atomic mass is 10.1. The minimum atomic E-state index is -0.620. The third kappa shape index (κ3) is 5.01. The number of nitrogens with zero attached hydrogens (tertiary/aromatic N) is 1. The molecule has 0 unspecified atom stereocenters. The van der Waals surface area contributed by atoms with Gasteiger partial charge in [0.15, 0.2) is 0 Å². The van der Waals surface area contributed by atoms with E-state index in [-0.39, 0.29) is 12.2 Å². The second-order valence-electron chi connectivity index (χ2n) is 4.74. The summed E-state index contributed by atoms with van der Waals surface area (Å²) in [7, 11) is 0. The van der Waals surface area contributed by atoms with Crippen LogP contribution in [0.15, 0.2) is 60.2 Å². The molecular formula is C19H17NO3. The number of nitriles is 1. The Balaban J connectivity index is 2.10. The van der Waals surface area contributed by atoms with Crippen molar-refractivity contribution >= 4 is 12.0 Å². The molecule has 0 amide bonds. The highest BCUT2D eigenvalue weighted by Gasteiger charge is 2.09. The van der Waals surface area contributed by atoms with Crippen LogP contribution in [0.2, 0.25) is 0 Å². The molecule has 0 aliphatic carbocycles. The van der Waals surface area contributed by atoms with Crippen molar-refractivity contribution in [3.63, 3.8) is 0 Å². The molecule has 0 aliphatic rings. The van der Waals surface area contributed by atoms with Crippen molar-refractivity contribution in [3.8, 4) is 11.8 Å². The van der Waals surface area contributed by atoms with E-state index in [4.69, 9.17) is 14.7 Å². The van der Waals surface area contributed by atoms with Crippen LogP contribution in [-0.4, -0.2) is 12.6 Å². The van der Waals surface area contributed by atoms with Crippen LogP contribution in [0.5, 0.6) is 5.75 Å². The molecular weight excluding hydrogens is 290 g/mol. The van der Waals surface area contributed by atoms with E-state index in [1.54, 1.807) is 19.1 Å². The van der Waals surface area contributed by atoms with Crippen molar-refractivity contribution in [2.45, 2.75) is 13.5 Å². The third-order valence-electron chi connectivity index (χ3n) is 3.03. The average Bonchev–Trinajstić information content (AvgIpc) is 2.59. The maximum Gasteiger partial charge on any atom is 0.348 e. The lowest BCUT2D eigenvalue weighted by molar-refractivity contribution is -0.137. The number of hydrogen-bond acceptors (Lipinski definition) is 4. The van der Waals surface area contributed by atoms with Crippen molar-refractivity contribution < 1.29 is 14.3 Å². The molecule has 0 fully saturated rings. The van der Waals surface area contributed by atoms with E-state index in [0.29, 0.717) is 17.9 Å². The normalized spacial score (nSPS) is 10.7. The van der Waals surface area contributed by atoms with E-state index < -0.39 is 5.97 Å². The fourth-order valence-corrected chi connectivity index (χ4v) is 1.95. The lowest BCUT2D eigenvalue weighted by Gasteiger charge is -2.07. The van der Waals surface area contributed by atoms with Crippen molar-refractivity contribution in [2.24, 2.45) is 0 Å². The fraction of sp³-hybridized carbons (Fsp3) is 0.158. The van der Waals surface area contributed by atoms with Gasteiger partial charge in [-0.2, -0.15) is 5.26 Å². The predicted octanol–water partition coefficient (Wildman–Crippen LogP) is 3.74. The largest absolute Gasteiger partial charge is 0.489 e. The highest BCUT2D eigenvalue weighted by molar-refractivity contribution is 5.97. The quantitative estimate of drug-likeness (QED) is 0.463. The van der Waals surface area contributed by atoms with Crippen LogP contribution in [0.25, 0.3) is 6.08 Å². The van der Waals surface area contributed by atoms with Gasteiger partial charge in [-0.15, -0.1) is 0 Å². The smallest absolute Gasteiger partial charge is 0.348 e. The van der Waals surface area contributed by atoms with Crippen LogP contribution in [0, 0.1) is 11.3 Å². The summed E-state index contributed by atoms with van der Waals surface area (Å²) in [5.74, 6) is 0.0503. The monoisotopic (exact) mass is 307 g/mol. The van der Waals surface area contributed by atoms with Crippen molar-refractivity contribution in [1.82, 2.24) is 0 Å². The van der Waals surface area contributed by atoms with Crippen LogP contribution in [0.3, 0.4) is 0 Å². The number of rotatable bonds is 6. The minimum Gasteiger partial charge on any atom is -0.489 e. The molecule has 2 aromatic carbocycles.